The minimum Gasteiger partial charge on any atom is -0.316 e. The molecule has 1 nitrogen and oxygen atoms in total. The van der Waals surface area contributed by atoms with Crippen LogP contribution < -0.4 is 5.32 Å². The van der Waals surface area contributed by atoms with Gasteiger partial charge in [0.2, 0.25) is 0 Å². The van der Waals surface area contributed by atoms with Crippen molar-refractivity contribution < 1.29 is 0 Å². The molecule has 0 aromatic carbocycles. The topological polar surface area (TPSA) is 12.0 Å². The van der Waals surface area contributed by atoms with E-state index in [2.05, 4.69) is 33.0 Å². The van der Waals surface area contributed by atoms with E-state index in [4.69, 9.17) is 0 Å². The lowest BCUT2D eigenvalue weighted by atomic mass is 9.70. The fourth-order valence-corrected chi connectivity index (χ4v) is 3.94. The summed E-state index contributed by atoms with van der Waals surface area (Å²) in [6.07, 6.45) is 11.4. The van der Waals surface area contributed by atoms with Gasteiger partial charge in [-0.15, -0.1) is 0 Å². The average molecular weight is 268 g/mol. The van der Waals surface area contributed by atoms with Gasteiger partial charge >= 0.3 is 0 Å². The average Bonchev–Trinajstić information content (AvgIpc) is 2.40. The third-order valence-electron chi connectivity index (χ3n) is 5.15. The van der Waals surface area contributed by atoms with Crippen LogP contribution in [0.1, 0.15) is 79.1 Å². The van der Waals surface area contributed by atoms with Crippen molar-refractivity contribution >= 4 is 0 Å². The Bertz CT molecular complexity index is 212. The Labute approximate surface area is 121 Å². The lowest BCUT2D eigenvalue weighted by Gasteiger charge is -2.37. The summed E-state index contributed by atoms with van der Waals surface area (Å²) in [5.41, 5.74) is 0. The minimum absolute atomic E-state index is 0.930. The zero-order valence-corrected chi connectivity index (χ0v) is 13.9. The van der Waals surface area contributed by atoms with Crippen molar-refractivity contribution in [2.24, 2.45) is 23.7 Å². The van der Waals surface area contributed by atoms with Crippen LogP contribution in [0.3, 0.4) is 0 Å². The van der Waals surface area contributed by atoms with E-state index in [9.17, 15) is 0 Å². The molecule has 0 heterocycles. The normalized spacial score (nSPS) is 29.4. The van der Waals surface area contributed by atoms with Crippen molar-refractivity contribution in [3.8, 4) is 0 Å². The molecule has 1 N–H and O–H groups in total. The number of hydrogen-bond acceptors (Lipinski definition) is 1. The molecule has 1 heteroatoms. The van der Waals surface area contributed by atoms with Gasteiger partial charge in [-0.2, -0.15) is 0 Å². The zero-order valence-electron chi connectivity index (χ0n) is 13.9. The summed E-state index contributed by atoms with van der Waals surface area (Å²) in [5, 5.41) is 3.67. The summed E-state index contributed by atoms with van der Waals surface area (Å²) >= 11 is 0. The van der Waals surface area contributed by atoms with Crippen LogP contribution in [0.4, 0.5) is 0 Å². The molecule has 0 spiro atoms. The van der Waals surface area contributed by atoms with Gasteiger partial charge in [-0.3, -0.25) is 0 Å². The quantitative estimate of drug-likeness (QED) is 0.562. The molecular formula is C18H37N. The molecule has 19 heavy (non-hydrogen) atoms. The Hall–Kier alpha value is -0.0400. The Morgan fingerprint density at radius 3 is 2.47 bits per heavy atom. The maximum atomic E-state index is 3.67. The van der Waals surface area contributed by atoms with Crippen LogP contribution in [-0.2, 0) is 0 Å². The SMILES string of the molecule is CCCNCC1CCC(CC)CC1CC(C)CCC. The van der Waals surface area contributed by atoms with Gasteiger partial charge in [-0.1, -0.05) is 53.4 Å². The van der Waals surface area contributed by atoms with Crippen molar-refractivity contribution in [3.63, 3.8) is 0 Å². The molecule has 114 valence electrons. The van der Waals surface area contributed by atoms with Gasteiger partial charge in [-0.05, 0) is 62.4 Å². The van der Waals surface area contributed by atoms with Crippen LogP contribution in [0.2, 0.25) is 0 Å². The zero-order chi connectivity index (χ0) is 14.1. The van der Waals surface area contributed by atoms with E-state index >= 15 is 0 Å². The summed E-state index contributed by atoms with van der Waals surface area (Å²) in [6.45, 7) is 11.9. The first kappa shape index (κ1) is 17.0. The van der Waals surface area contributed by atoms with Gasteiger partial charge in [0.15, 0.2) is 0 Å². The Morgan fingerprint density at radius 1 is 1.05 bits per heavy atom. The van der Waals surface area contributed by atoms with Crippen molar-refractivity contribution in [1.29, 1.82) is 0 Å². The maximum absolute atomic E-state index is 3.67. The molecule has 0 aliphatic heterocycles. The maximum Gasteiger partial charge on any atom is -0.00179 e. The Morgan fingerprint density at radius 2 is 1.84 bits per heavy atom. The lowest BCUT2D eigenvalue weighted by molar-refractivity contribution is 0.145. The molecule has 0 radical (unpaired) electrons. The Balaban J connectivity index is 2.45. The second-order valence-electron chi connectivity index (χ2n) is 6.94. The molecule has 1 aliphatic rings. The molecular weight excluding hydrogens is 230 g/mol. The highest BCUT2D eigenvalue weighted by molar-refractivity contribution is 4.82. The third-order valence-corrected chi connectivity index (χ3v) is 5.15. The van der Waals surface area contributed by atoms with E-state index < -0.39 is 0 Å². The third kappa shape index (κ3) is 6.29. The highest BCUT2D eigenvalue weighted by atomic mass is 14.9. The van der Waals surface area contributed by atoms with E-state index in [1.54, 1.807) is 0 Å². The van der Waals surface area contributed by atoms with Crippen LogP contribution >= 0.6 is 0 Å². The van der Waals surface area contributed by atoms with Gasteiger partial charge in [0, 0.05) is 0 Å². The largest absolute Gasteiger partial charge is 0.316 e. The van der Waals surface area contributed by atoms with Crippen LogP contribution in [0.5, 0.6) is 0 Å². The predicted octanol–water partition coefficient (Wildman–Crippen LogP) is 5.25. The second kappa shape index (κ2) is 9.80. The van der Waals surface area contributed by atoms with E-state index in [1.165, 1.54) is 64.5 Å². The van der Waals surface area contributed by atoms with Crippen LogP contribution in [0.15, 0.2) is 0 Å². The van der Waals surface area contributed by atoms with E-state index in [-0.39, 0.29) is 0 Å². The van der Waals surface area contributed by atoms with Crippen LogP contribution in [0, 0.1) is 23.7 Å². The van der Waals surface area contributed by atoms with Crippen molar-refractivity contribution in [2.75, 3.05) is 13.1 Å². The van der Waals surface area contributed by atoms with Gasteiger partial charge in [0.25, 0.3) is 0 Å². The number of rotatable bonds is 9. The summed E-state index contributed by atoms with van der Waals surface area (Å²) in [6, 6.07) is 0. The fraction of sp³-hybridized carbons (Fsp3) is 1.00. The second-order valence-corrected chi connectivity index (χ2v) is 6.94. The van der Waals surface area contributed by atoms with Crippen LogP contribution in [0.25, 0.3) is 0 Å². The molecule has 4 unspecified atom stereocenters. The van der Waals surface area contributed by atoms with Gasteiger partial charge in [-0.25, -0.2) is 0 Å². The summed E-state index contributed by atoms with van der Waals surface area (Å²) in [5.74, 6) is 3.89. The molecule has 0 aromatic rings. The molecule has 1 aliphatic carbocycles. The minimum atomic E-state index is 0.930. The Kier molecular flexibility index (Phi) is 8.77. The molecule has 4 atom stereocenters. The van der Waals surface area contributed by atoms with Crippen molar-refractivity contribution in [1.82, 2.24) is 5.32 Å². The highest BCUT2D eigenvalue weighted by Crippen LogP contribution is 2.39. The van der Waals surface area contributed by atoms with Gasteiger partial charge in [0.05, 0.1) is 0 Å². The molecule has 0 aromatic heterocycles. The molecule has 1 fully saturated rings. The number of nitrogens with one attached hydrogen (secondary N) is 1. The first-order valence-corrected chi connectivity index (χ1v) is 8.91. The van der Waals surface area contributed by atoms with Crippen molar-refractivity contribution in [2.45, 2.75) is 79.1 Å². The molecule has 0 amide bonds. The monoisotopic (exact) mass is 267 g/mol. The number of hydrogen-bond donors (Lipinski definition) is 1. The summed E-state index contributed by atoms with van der Waals surface area (Å²) in [7, 11) is 0. The first-order chi connectivity index (χ1) is 9.21. The van der Waals surface area contributed by atoms with Crippen molar-refractivity contribution in [3.05, 3.63) is 0 Å². The van der Waals surface area contributed by atoms with Crippen LogP contribution in [-0.4, -0.2) is 13.1 Å². The summed E-state index contributed by atoms with van der Waals surface area (Å²) < 4.78 is 0. The lowest BCUT2D eigenvalue weighted by Crippen LogP contribution is -2.34. The van der Waals surface area contributed by atoms with E-state index in [0.717, 1.165) is 23.7 Å². The summed E-state index contributed by atoms with van der Waals surface area (Å²) in [4.78, 5) is 0. The molecule has 0 saturated heterocycles. The van der Waals surface area contributed by atoms with E-state index in [0.29, 0.717) is 0 Å². The smallest absolute Gasteiger partial charge is 0.00179 e. The molecule has 0 bridgehead atoms. The highest BCUT2D eigenvalue weighted by Gasteiger charge is 2.30. The van der Waals surface area contributed by atoms with Gasteiger partial charge < -0.3 is 5.32 Å². The van der Waals surface area contributed by atoms with E-state index in [1.807, 2.05) is 0 Å². The first-order valence-electron chi connectivity index (χ1n) is 8.91. The molecule has 1 rings (SSSR count). The standard InChI is InChI=1S/C18H37N/c1-5-8-15(4)12-18-13-16(7-3)9-10-17(18)14-19-11-6-2/h15-19H,5-14H2,1-4H3. The van der Waals surface area contributed by atoms with Gasteiger partial charge in [0.1, 0.15) is 0 Å². The predicted molar refractivity (Wildman–Crippen MR) is 86.5 cm³/mol. The molecule has 1 saturated carbocycles. The fourth-order valence-electron chi connectivity index (χ4n) is 3.94.